The van der Waals surface area contributed by atoms with Gasteiger partial charge < -0.3 is 15.6 Å². The minimum Gasteiger partial charge on any atom is -0.478 e. The Hall–Kier alpha value is -1.71. The van der Waals surface area contributed by atoms with Crippen molar-refractivity contribution in [2.75, 3.05) is 5.73 Å². The number of rotatable bonds is 1. The summed E-state index contributed by atoms with van der Waals surface area (Å²) in [5.74, 6) is -0.345. The molecule has 1 heterocycles. The van der Waals surface area contributed by atoms with Crippen LogP contribution < -0.4 is 10.5 Å². The monoisotopic (exact) mass is 179 g/mol. The highest BCUT2D eigenvalue weighted by atomic mass is 16.5. The number of benzene rings is 1. The van der Waals surface area contributed by atoms with Gasteiger partial charge in [-0.25, -0.2) is 4.79 Å². The third-order valence-electron chi connectivity index (χ3n) is 2.04. The fourth-order valence-corrected chi connectivity index (χ4v) is 1.38. The van der Waals surface area contributed by atoms with E-state index in [4.69, 9.17) is 15.6 Å². The van der Waals surface area contributed by atoms with Crippen LogP contribution in [0.3, 0.4) is 0 Å². The van der Waals surface area contributed by atoms with Gasteiger partial charge in [-0.2, -0.15) is 0 Å². The summed E-state index contributed by atoms with van der Waals surface area (Å²) in [6, 6.07) is 5.19. The maximum atomic E-state index is 10.6. The number of carbonyl (C=O) groups is 1. The number of carboxylic acids is 1. The average molecular weight is 179 g/mol. The molecule has 1 unspecified atom stereocenters. The molecule has 3 N–H and O–H groups in total. The summed E-state index contributed by atoms with van der Waals surface area (Å²) in [5, 5.41) is 8.70. The lowest BCUT2D eigenvalue weighted by Crippen LogP contribution is -2.24. The topological polar surface area (TPSA) is 72.5 Å². The lowest BCUT2D eigenvalue weighted by molar-refractivity contribution is -0.144. The Kier molecular flexibility index (Phi) is 1.62. The van der Waals surface area contributed by atoms with E-state index in [0.717, 1.165) is 5.56 Å². The molecule has 68 valence electrons. The lowest BCUT2D eigenvalue weighted by atomic mass is 10.1. The third-order valence-corrected chi connectivity index (χ3v) is 2.04. The van der Waals surface area contributed by atoms with Crippen molar-refractivity contribution in [3.8, 4) is 5.75 Å². The van der Waals surface area contributed by atoms with E-state index in [1.54, 1.807) is 18.2 Å². The molecule has 1 aromatic rings. The van der Waals surface area contributed by atoms with Gasteiger partial charge in [0.1, 0.15) is 5.75 Å². The van der Waals surface area contributed by atoms with E-state index in [-0.39, 0.29) is 0 Å². The van der Waals surface area contributed by atoms with Gasteiger partial charge in [-0.15, -0.1) is 0 Å². The maximum Gasteiger partial charge on any atom is 0.345 e. The minimum absolute atomic E-state index is 0.422. The van der Waals surface area contributed by atoms with Gasteiger partial charge in [0.15, 0.2) is 6.10 Å². The number of nitrogen functional groups attached to an aromatic ring is 1. The SMILES string of the molecule is Nc1ccc2c(c1)OC(C(=O)O)C2. The molecule has 1 aromatic carbocycles. The predicted molar refractivity (Wildman–Crippen MR) is 46.6 cm³/mol. The number of anilines is 1. The van der Waals surface area contributed by atoms with Gasteiger partial charge in [0.25, 0.3) is 0 Å². The second-order valence-corrected chi connectivity index (χ2v) is 3.02. The molecule has 0 saturated heterocycles. The molecule has 0 spiro atoms. The van der Waals surface area contributed by atoms with E-state index in [0.29, 0.717) is 17.9 Å². The lowest BCUT2D eigenvalue weighted by Gasteiger charge is -2.03. The van der Waals surface area contributed by atoms with Crippen LogP contribution in [0, 0.1) is 0 Å². The second kappa shape index (κ2) is 2.65. The quantitative estimate of drug-likeness (QED) is 0.621. The number of carboxylic acid groups (broad SMARTS) is 1. The number of hydrogen-bond donors (Lipinski definition) is 2. The molecule has 1 aliphatic rings. The Morgan fingerprint density at radius 1 is 1.62 bits per heavy atom. The summed E-state index contributed by atoms with van der Waals surface area (Å²) in [5.41, 5.74) is 7.02. The van der Waals surface area contributed by atoms with Crippen molar-refractivity contribution < 1.29 is 14.6 Å². The van der Waals surface area contributed by atoms with Crippen molar-refractivity contribution in [1.82, 2.24) is 0 Å². The molecule has 4 heteroatoms. The Balaban J connectivity index is 2.30. The van der Waals surface area contributed by atoms with E-state index in [1.807, 2.05) is 0 Å². The van der Waals surface area contributed by atoms with E-state index in [9.17, 15) is 4.79 Å². The summed E-state index contributed by atoms with van der Waals surface area (Å²) in [6.45, 7) is 0. The van der Waals surface area contributed by atoms with Crippen LogP contribution in [-0.2, 0) is 11.2 Å². The van der Waals surface area contributed by atoms with Crippen LogP contribution in [0.2, 0.25) is 0 Å². The van der Waals surface area contributed by atoms with Crippen LogP contribution in [0.4, 0.5) is 5.69 Å². The van der Waals surface area contributed by atoms with Gasteiger partial charge in [0.2, 0.25) is 0 Å². The maximum absolute atomic E-state index is 10.6. The molecule has 0 fully saturated rings. The average Bonchev–Trinajstić information content (AvgIpc) is 2.46. The molecule has 1 atom stereocenters. The molecule has 0 aliphatic carbocycles. The zero-order valence-electron chi connectivity index (χ0n) is 6.86. The molecule has 0 saturated carbocycles. The summed E-state index contributed by atoms with van der Waals surface area (Å²) in [4.78, 5) is 10.6. The molecular formula is C9H9NO3. The molecule has 0 bridgehead atoms. The van der Waals surface area contributed by atoms with E-state index in [2.05, 4.69) is 0 Å². The van der Waals surface area contributed by atoms with Crippen LogP contribution in [0.1, 0.15) is 5.56 Å². The second-order valence-electron chi connectivity index (χ2n) is 3.02. The van der Waals surface area contributed by atoms with Crippen molar-refractivity contribution >= 4 is 11.7 Å². The zero-order chi connectivity index (χ0) is 9.42. The number of ether oxygens (including phenoxy) is 1. The summed E-state index contributed by atoms with van der Waals surface area (Å²) in [6.07, 6.45) is -0.331. The highest BCUT2D eigenvalue weighted by molar-refractivity contribution is 5.75. The van der Waals surface area contributed by atoms with E-state index in [1.165, 1.54) is 0 Å². The Morgan fingerprint density at radius 3 is 3.08 bits per heavy atom. The largest absolute Gasteiger partial charge is 0.478 e. The first-order chi connectivity index (χ1) is 6.16. The molecule has 1 aliphatic heterocycles. The molecule has 0 radical (unpaired) electrons. The van der Waals surface area contributed by atoms with Crippen molar-refractivity contribution in [3.63, 3.8) is 0 Å². The number of fused-ring (bicyclic) bond motifs is 1. The highest BCUT2D eigenvalue weighted by Crippen LogP contribution is 2.30. The first-order valence-electron chi connectivity index (χ1n) is 3.94. The standard InChI is InChI=1S/C9H9NO3/c10-6-2-1-5-3-8(9(11)12)13-7(5)4-6/h1-2,4,8H,3,10H2,(H,11,12). The van der Waals surface area contributed by atoms with E-state index >= 15 is 0 Å². The molecule has 4 nitrogen and oxygen atoms in total. The Bertz CT molecular complexity index is 362. The van der Waals surface area contributed by atoms with Gasteiger partial charge >= 0.3 is 5.97 Å². The van der Waals surface area contributed by atoms with Gasteiger partial charge in [-0.3, -0.25) is 0 Å². The van der Waals surface area contributed by atoms with Gasteiger partial charge in [0, 0.05) is 18.2 Å². The van der Waals surface area contributed by atoms with Crippen molar-refractivity contribution in [3.05, 3.63) is 23.8 Å². The number of hydrogen-bond acceptors (Lipinski definition) is 3. The normalized spacial score (nSPS) is 19.2. The zero-order valence-corrected chi connectivity index (χ0v) is 6.86. The summed E-state index contributed by atoms with van der Waals surface area (Å²) < 4.78 is 5.17. The van der Waals surface area contributed by atoms with Crippen molar-refractivity contribution in [1.29, 1.82) is 0 Å². The third kappa shape index (κ3) is 1.30. The van der Waals surface area contributed by atoms with Gasteiger partial charge in [0.05, 0.1) is 0 Å². The first-order valence-corrected chi connectivity index (χ1v) is 3.94. The van der Waals surface area contributed by atoms with Crippen molar-refractivity contribution in [2.45, 2.75) is 12.5 Å². The number of aliphatic carboxylic acids is 1. The van der Waals surface area contributed by atoms with Crippen LogP contribution >= 0.6 is 0 Å². The predicted octanol–water partition coefficient (Wildman–Crippen LogP) is 0.657. The smallest absolute Gasteiger partial charge is 0.345 e. The molecule has 2 rings (SSSR count). The first kappa shape index (κ1) is 7.91. The fraction of sp³-hybridized carbons (Fsp3) is 0.222. The van der Waals surface area contributed by atoms with Crippen LogP contribution in [0.15, 0.2) is 18.2 Å². The summed E-state index contributed by atoms with van der Waals surface area (Å²) >= 11 is 0. The van der Waals surface area contributed by atoms with Crippen LogP contribution in [-0.4, -0.2) is 17.2 Å². The Morgan fingerprint density at radius 2 is 2.38 bits per heavy atom. The highest BCUT2D eigenvalue weighted by Gasteiger charge is 2.28. The molecule has 13 heavy (non-hydrogen) atoms. The van der Waals surface area contributed by atoms with Crippen LogP contribution in [0.5, 0.6) is 5.75 Å². The van der Waals surface area contributed by atoms with E-state index < -0.39 is 12.1 Å². The Labute approximate surface area is 74.9 Å². The molecule has 0 aromatic heterocycles. The van der Waals surface area contributed by atoms with Gasteiger partial charge in [-0.05, 0) is 11.6 Å². The molecular weight excluding hydrogens is 170 g/mol. The van der Waals surface area contributed by atoms with Crippen LogP contribution in [0.25, 0.3) is 0 Å². The number of nitrogens with two attached hydrogens (primary N) is 1. The van der Waals surface area contributed by atoms with Gasteiger partial charge in [-0.1, -0.05) is 6.07 Å². The van der Waals surface area contributed by atoms with Crippen molar-refractivity contribution in [2.24, 2.45) is 0 Å². The fourth-order valence-electron chi connectivity index (χ4n) is 1.38. The molecule has 0 amide bonds. The minimum atomic E-state index is -0.935. The summed E-state index contributed by atoms with van der Waals surface area (Å²) in [7, 11) is 0.